The molecule has 0 aliphatic carbocycles. The lowest BCUT2D eigenvalue weighted by molar-refractivity contribution is 0.476. The Morgan fingerprint density at radius 1 is 1.20 bits per heavy atom. The standard InChI is InChI=1S/C14H13N3OS2/c1-7-4-8(2)10(9(18)5-7)11-12-13(20-6-15-12)17-14(16-11)19-3/h4-6,18H,1-3H3. The molecule has 102 valence electrons. The fourth-order valence-corrected chi connectivity index (χ4v) is 3.34. The van der Waals surface area contributed by atoms with Gasteiger partial charge in [-0.2, -0.15) is 0 Å². The summed E-state index contributed by atoms with van der Waals surface area (Å²) in [5.74, 6) is 0.238. The van der Waals surface area contributed by atoms with E-state index in [2.05, 4.69) is 15.0 Å². The van der Waals surface area contributed by atoms with E-state index in [4.69, 9.17) is 0 Å². The van der Waals surface area contributed by atoms with Crippen molar-refractivity contribution < 1.29 is 5.11 Å². The van der Waals surface area contributed by atoms with Gasteiger partial charge in [0.1, 0.15) is 21.8 Å². The zero-order chi connectivity index (χ0) is 14.3. The van der Waals surface area contributed by atoms with Gasteiger partial charge in [-0.15, -0.1) is 11.3 Å². The smallest absolute Gasteiger partial charge is 0.189 e. The van der Waals surface area contributed by atoms with Gasteiger partial charge in [0.2, 0.25) is 0 Å². The van der Waals surface area contributed by atoms with E-state index in [0.29, 0.717) is 10.9 Å². The summed E-state index contributed by atoms with van der Waals surface area (Å²) in [4.78, 5) is 14.2. The highest BCUT2D eigenvalue weighted by Crippen LogP contribution is 2.37. The summed E-state index contributed by atoms with van der Waals surface area (Å²) in [6.45, 7) is 3.93. The Hall–Kier alpha value is -1.66. The van der Waals surface area contributed by atoms with Crippen molar-refractivity contribution in [1.29, 1.82) is 0 Å². The van der Waals surface area contributed by atoms with E-state index in [1.807, 2.05) is 26.2 Å². The van der Waals surface area contributed by atoms with Crippen LogP contribution in [0.4, 0.5) is 0 Å². The molecule has 3 rings (SSSR count). The summed E-state index contributed by atoms with van der Waals surface area (Å²) in [5.41, 5.74) is 5.96. The minimum absolute atomic E-state index is 0.238. The van der Waals surface area contributed by atoms with Gasteiger partial charge in [-0.05, 0) is 37.3 Å². The summed E-state index contributed by atoms with van der Waals surface area (Å²) in [6.07, 6.45) is 1.94. The molecule has 4 nitrogen and oxygen atoms in total. The Morgan fingerprint density at radius 2 is 2.00 bits per heavy atom. The van der Waals surface area contributed by atoms with Crippen molar-refractivity contribution in [3.63, 3.8) is 0 Å². The van der Waals surface area contributed by atoms with Crippen molar-refractivity contribution in [2.75, 3.05) is 6.26 Å². The van der Waals surface area contributed by atoms with Crippen LogP contribution in [-0.4, -0.2) is 26.3 Å². The van der Waals surface area contributed by atoms with E-state index in [0.717, 1.165) is 27.0 Å². The van der Waals surface area contributed by atoms with Crippen LogP contribution in [-0.2, 0) is 0 Å². The van der Waals surface area contributed by atoms with E-state index in [1.165, 1.54) is 23.1 Å². The van der Waals surface area contributed by atoms with Crippen LogP contribution >= 0.6 is 23.1 Å². The van der Waals surface area contributed by atoms with Gasteiger partial charge in [-0.25, -0.2) is 15.0 Å². The van der Waals surface area contributed by atoms with Gasteiger partial charge in [-0.3, -0.25) is 0 Å². The molecule has 0 unspecified atom stereocenters. The number of aromatic hydroxyl groups is 1. The van der Waals surface area contributed by atoms with Crippen LogP contribution in [0, 0.1) is 13.8 Å². The van der Waals surface area contributed by atoms with Gasteiger partial charge >= 0.3 is 0 Å². The number of thioether (sulfide) groups is 1. The third-order valence-electron chi connectivity index (χ3n) is 3.06. The van der Waals surface area contributed by atoms with Crippen LogP contribution in [0.5, 0.6) is 5.75 Å². The topological polar surface area (TPSA) is 58.9 Å². The molecule has 0 aliphatic heterocycles. The van der Waals surface area contributed by atoms with Crippen LogP contribution in [0.1, 0.15) is 11.1 Å². The molecule has 0 aliphatic rings. The van der Waals surface area contributed by atoms with E-state index >= 15 is 0 Å². The molecule has 0 fully saturated rings. The second-order valence-corrected chi connectivity index (χ2v) is 6.15. The monoisotopic (exact) mass is 303 g/mol. The van der Waals surface area contributed by atoms with Crippen molar-refractivity contribution in [1.82, 2.24) is 15.0 Å². The Morgan fingerprint density at radius 3 is 2.70 bits per heavy atom. The van der Waals surface area contributed by atoms with Crippen LogP contribution in [0.15, 0.2) is 22.8 Å². The number of thiazole rings is 1. The highest BCUT2D eigenvalue weighted by atomic mass is 32.2. The number of phenols is 1. The third-order valence-corrected chi connectivity index (χ3v) is 4.32. The maximum Gasteiger partial charge on any atom is 0.189 e. The number of aromatic nitrogens is 3. The molecule has 20 heavy (non-hydrogen) atoms. The minimum atomic E-state index is 0.238. The Balaban J connectivity index is 2.37. The first kappa shape index (κ1) is 13.3. The van der Waals surface area contributed by atoms with Crippen molar-refractivity contribution in [2.45, 2.75) is 19.0 Å². The fraction of sp³-hybridized carbons (Fsp3) is 0.214. The van der Waals surface area contributed by atoms with Gasteiger partial charge in [0.05, 0.1) is 5.51 Å². The number of nitrogens with zero attached hydrogens (tertiary/aromatic N) is 3. The number of rotatable bonds is 2. The quantitative estimate of drug-likeness (QED) is 0.576. The molecule has 2 aromatic heterocycles. The molecule has 6 heteroatoms. The van der Waals surface area contributed by atoms with E-state index < -0.39 is 0 Å². The predicted molar refractivity (Wildman–Crippen MR) is 83.6 cm³/mol. The number of hydrogen-bond donors (Lipinski definition) is 1. The average Bonchev–Trinajstić information content (AvgIpc) is 2.85. The highest BCUT2D eigenvalue weighted by molar-refractivity contribution is 7.98. The normalized spacial score (nSPS) is 11.2. The zero-order valence-corrected chi connectivity index (χ0v) is 13.0. The summed E-state index contributed by atoms with van der Waals surface area (Å²) < 4.78 is 0. The Labute approximate surface area is 124 Å². The molecule has 0 radical (unpaired) electrons. The first-order valence-electron chi connectivity index (χ1n) is 6.06. The minimum Gasteiger partial charge on any atom is -0.507 e. The molecule has 0 spiro atoms. The molecule has 0 atom stereocenters. The number of phenolic OH excluding ortho intramolecular Hbond substituents is 1. The molecule has 0 amide bonds. The maximum absolute atomic E-state index is 10.3. The van der Waals surface area contributed by atoms with Crippen molar-refractivity contribution in [2.24, 2.45) is 0 Å². The summed E-state index contributed by atoms with van der Waals surface area (Å²) in [7, 11) is 0. The third kappa shape index (κ3) is 2.14. The summed E-state index contributed by atoms with van der Waals surface area (Å²) >= 11 is 2.97. The molecule has 1 aromatic carbocycles. The molecule has 2 heterocycles. The van der Waals surface area contributed by atoms with Gasteiger partial charge in [-0.1, -0.05) is 17.8 Å². The van der Waals surface area contributed by atoms with Gasteiger partial charge in [0.25, 0.3) is 0 Å². The molecule has 0 bridgehead atoms. The zero-order valence-electron chi connectivity index (χ0n) is 11.3. The van der Waals surface area contributed by atoms with E-state index in [9.17, 15) is 5.11 Å². The summed E-state index contributed by atoms with van der Waals surface area (Å²) in [6, 6.07) is 3.79. The molecular formula is C14H13N3OS2. The first-order chi connectivity index (χ1) is 9.60. The number of fused-ring (bicyclic) bond motifs is 1. The Bertz CT molecular complexity index is 775. The predicted octanol–water partition coefficient (Wildman–Crippen LogP) is 3.80. The highest BCUT2D eigenvalue weighted by Gasteiger charge is 2.17. The second-order valence-electron chi connectivity index (χ2n) is 4.54. The van der Waals surface area contributed by atoms with Crippen molar-refractivity contribution in [3.05, 3.63) is 28.8 Å². The molecule has 0 saturated carbocycles. The lowest BCUT2D eigenvalue weighted by Gasteiger charge is -2.10. The van der Waals surface area contributed by atoms with E-state index in [1.54, 1.807) is 11.6 Å². The lowest BCUT2D eigenvalue weighted by Crippen LogP contribution is -1.95. The molecular weight excluding hydrogens is 290 g/mol. The van der Waals surface area contributed by atoms with E-state index in [-0.39, 0.29) is 5.75 Å². The maximum atomic E-state index is 10.3. The van der Waals surface area contributed by atoms with Crippen molar-refractivity contribution in [3.8, 4) is 17.0 Å². The largest absolute Gasteiger partial charge is 0.507 e. The van der Waals surface area contributed by atoms with Crippen LogP contribution in [0.3, 0.4) is 0 Å². The van der Waals surface area contributed by atoms with Gasteiger partial charge in [0.15, 0.2) is 5.16 Å². The van der Waals surface area contributed by atoms with Gasteiger partial charge in [0, 0.05) is 5.56 Å². The van der Waals surface area contributed by atoms with Crippen molar-refractivity contribution >= 4 is 33.4 Å². The number of benzene rings is 1. The van der Waals surface area contributed by atoms with Gasteiger partial charge < -0.3 is 5.11 Å². The SMILES string of the molecule is CSc1nc(-c2c(C)cc(C)cc2O)c2ncsc2n1. The lowest BCUT2D eigenvalue weighted by atomic mass is 10.0. The fourth-order valence-electron chi connectivity index (χ4n) is 2.26. The number of aryl methyl sites for hydroxylation is 2. The number of hydrogen-bond acceptors (Lipinski definition) is 6. The first-order valence-corrected chi connectivity index (χ1v) is 8.16. The molecule has 3 aromatic rings. The second kappa shape index (κ2) is 5.03. The van der Waals surface area contributed by atoms with Crippen LogP contribution < -0.4 is 0 Å². The average molecular weight is 303 g/mol. The van der Waals surface area contributed by atoms with Crippen LogP contribution in [0.2, 0.25) is 0 Å². The Kier molecular flexibility index (Phi) is 3.35. The molecule has 1 N–H and O–H groups in total. The molecule has 0 saturated heterocycles. The summed E-state index contributed by atoms with van der Waals surface area (Å²) in [5, 5.41) is 11.0. The van der Waals surface area contributed by atoms with Crippen LogP contribution in [0.25, 0.3) is 21.6 Å².